The van der Waals surface area contributed by atoms with Crippen molar-refractivity contribution in [1.82, 2.24) is 4.57 Å². The molecule has 0 bridgehead atoms. The Morgan fingerprint density at radius 2 is 2.24 bits per heavy atom. The van der Waals surface area contributed by atoms with Crippen LogP contribution >= 0.6 is 0 Å². The van der Waals surface area contributed by atoms with Crippen molar-refractivity contribution in [3.8, 4) is 6.07 Å². The molecule has 1 heterocycles. The van der Waals surface area contributed by atoms with Crippen LogP contribution in [0.15, 0.2) is 18.3 Å². The van der Waals surface area contributed by atoms with Crippen molar-refractivity contribution >= 4 is 5.84 Å². The van der Waals surface area contributed by atoms with Crippen LogP contribution in [0.3, 0.4) is 0 Å². The van der Waals surface area contributed by atoms with Gasteiger partial charge in [-0.1, -0.05) is 20.3 Å². The van der Waals surface area contributed by atoms with Gasteiger partial charge in [-0.25, -0.2) is 0 Å². The first-order chi connectivity index (χ1) is 8.13. The topological polar surface area (TPSA) is 76.4 Å². The number of hydrogen-bond donors (Lipinski definition) is 2. The van der Waals surface area contributed by atoms with Gasteiger partial charge in [-0.15, -0.1) is 0 Å². The molecule has 1 aromatic rings. The molecular formula is C13H18N4. The number of nitrogens with one attached hydrogen (secondary N) is 2. The van der Waals surface area contributed by atoms with E-state index in [1.165, 1.54) is 6.07 Å². The summed E-state index contributed by atoms with van der Waals surface area (Å²) < 4.78 is 1.55. The molecule has 4 heteroatoms. The standard InChI is InChI=1S/C13H18N4/c1-3-5-11(4-2)13(16)17-7-6-10(9-14)8-12(17)15/h6-8,11,15-16H,3-5H2,1-2H3/t11-/m0/s1. The predicted molar refractivity (Wildman–Crippen MR) is 66.8 cm³/mol. The molecule has 0 saturated heterocycles. The lowest BCUT2D eigenvalue weighted by molar-refractivity contribution is 0.574. The van der Waals surface area contributed by atoms with E-state index in [-0.39, 0.29) is 11.4 Å². The largest absolute Gasteiger partial charge is 0.290 e. The molecule has 0 aliphatic heterocycles. The minimum absolute atomic E-state index is 0.182. The van der Waals surface area contributed by atoms with Crippen molar-refractivity contribution in [1.29, 1.82) is 16.1 Å². The van der Waals surface area contributed by atoms with E-state index in [1.807, 2.05) is 6.07 Å². The fourth-order valence-electron chi connectivity index (χ4n) is 1.86. The van der Waals surface area contributed by atoms with Crippen LogP contribution in [0.1, 0.15) is 38.7 Å². The highest BCUT2D eigenvalue weighted by Crippen LogP contribution is 2.12. The Morgan fingerprint density at radius 3 is 2.71 bits per heavy atom. The summed E-state index contributed by atoms with van der Waals surface area (Å²) in [6.45, 7) is 4.16. The lowest BCUT2D eigenvalue weighted by atomic mass is 9.99. The van der Waals surface area contributed by atoms with Crippen LogP contribution < -0.4 is 5.49 Å². The Morgan fingerprint density at radius 1 is 1.53 bits per heavy atom. The van der Waals surface area contributed by atoms with Crippen LogP contribution in [0, 0.1) is 28.1 Å². The molecule has 1 rings (SSSR count). The molecule has 0 radical (unpaired) electrons. The van der Waals surface area contributed by atoms with Gasteiger partial charge in [0.1, 0.15) is 11.3 Å². The van der Waals surface area contributed by atoms with Crippen LogP contribution in [-0.4, -0.2) is 10.4 Å². The maximum Gasteiger partial charge on any atom is 0.131 e. The van der Waals surface area contributed by atoms with Crippen LogP contribution in [0.2, 0.25) is 0 Å². The quantitative estimate of drug-likeness (QED) is 0.605. The Labute approximate surface area is 102 Å². The Balaban J connectivity index is 3.04. The second-order valence-electron chi connectivity index (χ2n) is 4.06. The molecule has 90 valence electrons. The number of hydrogen-bond acceptors (Lipinski definition) is 3. The fourth-order valence-corrected chi connectivity index (χ4v) is 1.86. The first kappa shape index (κ1) is 13.2. The van der Waals surface area contributed by atoms with Crippen LogP contribution in [0.25, 0.3) is 0 Å². The molecular weight excluding hydrogens is 212 g/mol. The highest BCUT2D eigenvalue weighted by Gasteiger charge is 2.13. The smallest absolute Gasteiger partial charge is 0.131 e. The third kappa shape index (κ3) is 3.04. The summed E-state index contributed by atoms with van der Waals surface area (Å²) in [5.74, 6) is 0.630. The summed E-state index contributed by atoms with van der Waals surface area (Å²) in [5.41, 5.74) is 0.659. The molecule has 2 N–H and O–H groups in total. The van der Waals surface area contributed by atoms with Crippen LogP contribution in [-0.2, 0) is 0 Å². The monoisotopic (exact) mass is 230 g/mol. The number of aromatic nitrogens is 1. The molecule has 17 heavy (non-hydrogen) atoms. The molecule has 0 unspecified atom stereocenters. The van der Waals surface area contributed by atoms with Gasteiger partial charge in [0.05, 0.1) is 11.6 Å². The Bertz CT molecular complexity index is 493. The van der Waals surface area contributed by atoms with Gasteiger partial charge in [-0.3, -0.25) is 15.4 Å². The van der Waals surface area contributed by atoms with Gasteiger partial charge in [0, 0.05) is 12.1 Å². The van der Waals surface area contributed by atoms with Gasteiger partial charge in [0.2, 0.25) is 0 Å². The summed E-state index contributed by atoms with van der Waals surface area (Å²) in [5, 5.41) is 24.7. The van der Waals surface area contributed by atoms with Gasteiger partial charge in [0.15, 0.2) is 0 Å². The first-order valence-electron chi connectivity index (χ1n) is 5.90. The van der Waals surface area contributed by atoms with E-state index in [9.17, 15) is 0 Å². The number of nitriles is 1. The van der Waals surface area contributed by atoms with Crippen molar-refractivity contribution in [2.45, 2.75) is 33.1 Å². The summed E-state index contributed by atoms with van der Waals surface area (Å²) in [7, 11) is 0. The van der Waals surface area contributed by atoms with E-state index in [2.05, 4.69) is 13.8 Å². The zero-order chi connectivity index (χ0) is 12.8. The minimum atomic E-state index is 0.182. The van der Waals surface area contributed by atoms with Crippen LogP contribution in [0.4, 0.5) is 0 Å². The molecule has 0 saturated carbocycles. The zero-order valence-corrected chi connectivity index (χ0v) is 10.3. The lowest BCUT2D eigenvalue weighted by Crippen LogP contribution is -2.31. The Kier molecular flexibility index (Phi) is 4.65. The van der Waals surface area contributed by atoms with Gasteiger partial charge < -0.3 is 0 Å². The Hall–Kier alpha value is -1.89. The van der Waals surface area contributed by atoms with Gasteiger partial charge in [-0.2, -0.15) is 5.26 Å². The average molecular weight is 230 g/mol. The van der Waals surface area contributed by atoms with Crippen molar-refractivity contribution in [3.05, 3.63) is 29.4 Å². The molecule has 0 amide bonds. The molecule has 1 aromatic heterocycles. The maximum atomic E-state index is 8.73. The summed E-state index contributed by atoms with van der Waals surface area (Å²) in [6, 6.07) is 5.14. The molecule has 1 atom stereocenters. The summed E-state index contributed by atoms with van der Waals surface area (Å²) in [4.78, 5) is 0. The fraction of sp³-hybridized carbons (Fsp3) is 0.462. The van der Waals surface area contributed by atoms with E-state index >= 15 is 0 Å². The zero-order valence-electron chi connectivity index (χ0n) is 10.3. The van der Waals surface area contributed by atoms with Crippen molar-refractivity contribution < 1.29 is 0 Å². The van der Waals surface area contributed by atoms with Crippen LogP contribution in [0.5, 0.6) is 0 Å². The number of pyridine rings is 1. The van der Waals surface area contributed by atoms with E-state index in [0.717, 1.165) is 19.3 Å². The predicted octanol–water partition coefficient (Wildman–Crippen LogP) is 2.49. The van der Waals surface area contributed by atoms with Crippen molar-refractivity contribution in [2.75, 3.05) is 0 Å². The van der Waals surface area contributed by atoms with Gasteiger partial charge in [-0.05, 0) is 25.0 Å². The second-order valence-corrected chi connectivity index (χ2v) is 4.06. The van der Waals surface area contributed by atoms with Gasteiger partial charge >= 0.3 is 0 Å². The average Bonchev–Trinajstić information content (AvgIpc) is 2.35. The highest BCUT2D eigenvalue weighted by atomic mass is 15.0. The van der Waals surface area contributed by atoms with E-state index < -0.39 is 0 Å². The summed E-state index contributed by atoms with van der Waals surface area (Å²) in [6.07, 6.45) is 4.54. The highest BCUT2D eigenvalue weighted by molar-refractivity contribution is 5.83. The van der Waals surface area contributed by atoms with E-state index in [1.54, 1.807) is 16.8 Å². The lowest BCUT2D eigenvalue weighted by Gasteiger charge is -2.17. The maximum absolute atomic E-state index is 8.73. The molecule has 0 spiro atoms. The SMILES string of the molecule is CCC[C@H](CC)C(=N)n1ccc(C#N)cc1=N. The normalized spacial score (nSPS) is 11.8. The molecule has 0 aromatic carbocycles. The minimum Gasteiger partial charge on any atom is -0.290 e. The van der Waals surface area contributed by atoms with E-state index in [4.69, 9.17) is 16.1 Å². The molecule has 4 nitrogen and oxygen atoms in total. The van der Waals surface area contributed by atoms with Gasteiger partial charge in [0.25, 0.3) is 0 Å². The second kappa shape index (κ2) is 6.00. The van der Waals surface area contributed by atoms with Crippen molar-refractivity contribution in [3.63, 3.8) is 0 Å². The molecule has 0 aliphatic carbocycles. The third-order valence-electron chi connectivity index (χ3n) is 2.86. The summed E-state index contributed by atoms with van der Waals surface area (Å²) >= 11 is 0. The third-order valence-corrected chi connectivity index (χ3v) is 2.86. The number of rotatable bonds is 4. The van der Waals surface area contributed by atoms with E-state index in [0.29, 0.717) is 11.4 Å². The molecule has 0 aliphatic rings. The molecule has 0 fully saturated rings. The van der Waals surface area contributed by atoms with Crippen molar-refractivity contribution in [2.24, 2.45) is 5.92 Å². The first-order valence-corrected chi connectivity index (χ1v) is 5.90. The number of nitrogens with zero attached hydrogens (tertiary/aromatic N) is 2.